The highest BCUT2D eigenvalue weighted by Crippen LogP contribution is 2.21. The maximum Gasteiger partial charge on any atom is 0.236 e. The molecule has 1 aliphatic carbocycles. The molecule has 1 saturated carbocycles. The van der Waals surface area contributed by atoms with E-state index in [0.717, 1.165) is 18.8 Å². The first-order valence-corrected chi connectivity index (χ1v) is 6.97. The summed E-state index contributed by atoms with van der Waals surface area (Å²) >= 11 is 2.01. The maximum atomic E-state index is 11.8. The minimum atomic E-state index is 0.292. The standard InChI is InChI=1S/C11H20N2OS/c1-2-10-8-13(5-6-15-10)11(14)7-12-9-3-4-9/h9-10,12H,2-8H2,1H3. The summed E-state index contributed by atoms with van der Waals surface area (Å²) in [6.45, 7) is 4.64. The van der Waals surface area contributed by atoms with Crippen molar-refractivity contribution >= 4 is 17.7 Å². The molecule has 1 unspecified atom stereocenters. The molecule has 86 valence electrons. The molecule has 15 heavy (non-hydrogen) atoms. The van der Waals surface area contributed by atoms with Crippen LogP contribution in [0.5, 0.6) is 0 Å². The average molecular weight is 228 g/mol. The summed E-state index contributed by atoms with van der Waals surface area (Å²) in [7, 11) is 0. The van der Waals surface area contributed by atoms with Crippen molar-refractivity contribution in [1.82, 2.24) is 10.2 Å². The fourth-order valence-corrected chi connectivity index (χ4v) is 3.00. The summed E-state index contributed by atoms with van der Waals surface area (Å²) in [5, 5.41) is 3.94. The molecule has 1 amide bonds. The Morgan fingerprint density at radius 2 is 2.33 bits per heavy atom. The predicted molar refractivity (Wildman–Crippen MR) is 64.1 cm³/mol. The van der Waals surface area contributed by atoms with Crippen LogP contribution in [0.15, 0.2) is 0 Å². The van der Waals surface area contributed by atoms with Crippen LogP contribution in [0.25, 0.3) is 0 Å². The lowest BCUT2D eigenvalue weighted by Gasteiger charge is -2.32. The van der Waals surface area contributed by atoms with Gasteiger partial charge < -0.3 is 10.2 Å². The molecule has 4 heteroatoms. The number of nitrogens with one attached hydrogen (secondary N) is 1. The zero-order chi connectivity index (χ0) is 10.7. The summed E-state index contributed by atoms with van der Waals surface area (Å²) in [6.07, 6.45) is 3.67. The van der Waals surface area contributed by atoms with Crippen LogP contribution in [-0.4, -0.2) is 47.5 Å². The van der Waals surface area contributed by atoms with Crippen LogP contribution in [-0.2, 0) is 4.79 Å². The van der Waals surface area contributed by atoms with E-state index in [-0.39, 0.29) is 0 Å². The van der Waals surface area contributed by atoms with Crippen molar-refractivity contribution in [3.8, 4) is 0 Å². The Labute approximate surface area is 96.0 Å². The number of carbonyl (C=O) groups is 1. The largest absolute Gasteiger partial charge is 0.340 e. The van der Waals surface area contributed by atoms with Crippen LogP contribution in [0.3, 0.4) is 0 Å². The van der Waals surface area contributed by atoms with Gasteiger partial charge >= 0.3 is 0 Å². The molecule has 0 bridgehead atoms. The molecule has 0 aromatic rings. The molecule has 0 aromatic carbocycles. The molecule has 1 N–H and O–H groups in total. The van der Waals surface area contributed by atoms with Crippen LogP contribution in [0.4, 0.5) is 0 Å². The molecule has 0 aromatic heterocycles. The van der Waals surface area contributed by atoms with Gasteiger partial charge in [-0.3, -0.25) is 4.79 Å². The Bertz CT molecular complexity index is 231. The first kappa shape index (κ1) is 11.3. The van der Waals surface area contributed by atoms with Gasteiger partial charge in [-0.25, -0.2) is 0 Å². The topological polar surface area (TPSA) is 32.3 Å². The van der Waals surface area contributed by atoms with Crippen LogP contribution >= 0.6 is 11.8 Å². The molecule has 0 radical (unpaired) electrons. The predicted octanol–water partition coefficient (Wildman–Crippen LogP) is 1.09. The van der Waals surface area contributed by atoms with Crippen molar-refractivity contribution in [2.45, 2.75) is 37.5 Å². The van der Waals surface area contributed by atoms with Gasteiger partial charge in [0, 0.05) is 30.1 Å². The van der Waals surface area contributed by atoms with Crippen molar-refractivity contribution in [2.24, 2.45) is 0 Å². The summed E-state index contributed by atoms with van der Waals surface area (Å²) < 4.78 is 0. The van der Waals surface area contributed by atoms with E-state index < -0.39 is 0 Å². The highest BCUT2D eigenvalue weighted by Gasteiger charge is 2.25. The third-order valence-electron chi connectivity index (χ3n) is 3.07. The Morgan fingerprint density at radius 1 is 1.53 bits per heavy atom. The van der Waals surface area contributed by atoms with Crippen LogP contribution in [0.2, 0.25) is 0 Å². The van der Waals surface area contributed by atoms with Crippen molar-refractivity contribution in [3.63, 3.8) is 0 Å². The van der Waals surface area contributed by atoms with E-state index in [0.29, 0.717) is 23.7 Å². The average Bonchev–Trinajstić information content (AvgIpc) is 3.10. The van der Waals surface area contributed by atoms with Gasteiger partial charge in [0.25, 0.3) is 0 Å². The number of carbonyl (C=O) groups excluding carboxylic acids is 1. The second kappa shape index (κ2) is 5.21. The third-order valence-corrected chi connectivity index (χ3v) is 4.44. The Kier molecular flexibility index (Phi) is 3.92. The highest BCUT2D eigenvalue weighted by molar-refractivity contribution is 8.00. The number of amides is 1. The number of rotatable bonds is 4. The van der Waals surface area contributed by atoms with Gasteiger partial charge in [-0.05, 0) is 19.3 Å². The van der Waals surface area contributed by atoms with Crippen LogP contribution in [0.1, 0.15) is 26.2 Å². The number of thioether (sulfide) groups is 1. The lowest BCUT2D eigenvalue weighted by molar-refractivity contribution is -0.130. The number of hydrogen-bond acceptors (Lipinski definition) is 3. The first-order valence-electron chi connectivity index (χ1n) is 5.92. The van der Waals surface area contributed by atoms with Crippen molar-refractivity contribution < 1.29 is 4.79 Å². The highest BCUT2D eigenvalue weighted by atomic mass is 32.2. The smallest absolute Gasteiger partial charge is 0.236 e. The molecule has 1 saturated heterocycles. The molecule has 0 spiro atoms. The molecule has 2 rings (SSSR count). The molecule has 2 fully saturated rings. The van der Waals surface area contributed by atoms with Crippen molar-refractivity contribution in [1.29, 1.82) is 0 Å². The molecule has 2 aliphatic rings. The minimum absolute atomic E-state index is 0.292. The van der Waals surface area contributed by atoms with Gasteiger partial charge in [-0.2, -0.15) is 11.8 Å². The van der Waals surface area contributed by atoms with Crippen molar-refractivity contribution in [3.05, 3.63) is 0 Å². The van der Waals surface area contributed by atoms with Crippen LogP contribution < -0.4 is 5.32 Å². The summed E-state index contributed by atoms with van der Waals surface area (Å²) in [6, 6.07) is 0.634. The van der Waals surface area contributed by atoms with Gasteiger partial charge in [-0.1, -0.05) is 6.92 Å². The molecule has 1 heterocycles. The zero-order valence-electron chi connectivity index (χ0n) is 9.37. The minimum Gasteiger partial charge on any atom is -0.340 e. The quantitative estimate of drug-likeness (QED) is 0.782. The van der Waals surface area contributed by atoms with Gasteiger partial charge in [0.2, 0.25) is 5.91 Å². The van der Waals surface area contributed by atoms with Gasteiger partial charge in [-0.15, -0.1) is 0 Å². The SMILES string of the molecule is CCC1CN(C(=O)CNC2CC2)CCS1. The Hall–Kier alpha value is -0.220. The van der Waals surface area contributed by atoms with Gasteiger partial charge in [0.05, 0.1) is 6.54 Å². The third kappa shape index (κ3) is 3.38. The van der Waals surface area contributed by atoms with E-state index in [1.165, 1.54) is 19.3 Å². The normalized spacial score (nSPS) is 26.7. The van der Waals surface area contributed by atoms with Gasteiger partial charge in [0.15, 0.2) is 0 Å². The first-order chi connectivity index (χ1) is 7.29. The van der Waals surface area contributed by atoms with Crippen molar-refractivity contribution in [2.75, 3.05) is 25.4 Å². The maximum absolute atomic E-state index is 11.8. The number of nitrogens with zero attached hydrogens (tertiary/aromatic N) is 1. The lowest BCUT2D eigenvalue weighted by Crippen LogP contribution is -2.45. The lowest BCUT2D eigenvalue weighted by atomic mass is 10.3. The zero-order valence-corrected chi connectivity index (χ0v) is 10.2. The second-order valence-electron chi connectivity index (χ2n) is 4.40. The fraction of sp³-hybridized carbons (Fsp3) is 0.909. The van der Waals surface area contributed by atoms with Crippen LogP contribution in [0, 0.1) is 0 Å². The second-order valence-corrected chi connectivity index (χ2v) is 5.80. The van der Waals surface area contributed by atoms with E-state index in [2.05, 4.69) is 12.2 Å². The Morgan fingerprint density at radius 3 is 3.00 bits per heavy atom. The van der Waals surface area contributed by atoms with Gasteiger partial charge in [0.1, 0.15) is 0 Å². The monoisotopic (exact) mass is 228 g/mol. The molecular formula is C11H20N2OS. The van der Waals surface area contributed by atoms with E-state index in [1.807, 2.05) is 16.7 Å². The van der Waals surface area contributed by atoms with E-state index in [4.69, 9.17) is 0 Å². The fourth-order valence-electron chi connectivity index (χ4n) is 1.82. The van der Waals surface area contributed by atoms with E-state index >= 15 is 0 Å². The molecule has 1 atom stereocenters. The molecule has 1 aliphatic heterocycles. The summed E-state index contributed by atoms with van der Waals surface area (Å²) in [4.78, 5) is 13.9. The Balaban J connectivity index is 1.72. The van der Waals surface area contributed by atoms with E-state index in [9.17, 15) is 4.79 Å². The molecular weight excluding hydrogens is 208 g/mol. The molecule has 3 nitrogen and oxygen atoms in total. The summed E-state index contributed by atoms with van der Waals surface area (Å²) in [5.41, 5.74) is 0. The number of hydrogen-bond donors (Lipinski definition) is 1. The van der Waals surface area contributed by atoms with E-state index in [1.54, 1.807) is 0 Å². The summed E-state index contributed by atoms with van der Waals surface area (Å²) in [5.74, 6) is 1.40.